The third-order valence-corrected chi connectivity index (χ3v) is 5.18. The van der Waals surface area contributed by atoms with Gasteiger partial charge in [0.05, 0.1) is 27.9 Å². The van der Waals surface area contributed by atoms with Crippen LogP contribution in [0.15, 0.2) is 66.7 Å². The second-order valence-electron chi connectivity index (χ2n) is 7.42. The lowest BCUT2D eigenvalue weighted by Crippen LogP contribution is -2.35. The van der Waals surface area contributed by atoms with E-state index < -0.39 is 18.2 Å². The average molecular weight is 483 g/mol. The van der Waals surface area contributed by atoms with Gasteiger partial charge in [-0.2, -0.15) is 0 Å². The number of benzene rings is 3. The predicted octanol–water partition coefficient (Wildman–Crippen LogP) is 4.34. The quantitative estimate of drug-likeness (QED) is 0.381. The van der Waals surface area contributed by atoms with Gasteiger partial charge >= 0.3 is 5.97 Å². The van der Waals surface area contributed by atoms with E-state index in [9.17, 15) is 9.90 Å². The van der Waals surface area contributed by atoms with Crippen molar-refractivity contribution in [3.05, 3.63) is 77.9 Å². The summed E-state index contributed by atoms with van der Waals surface area (Å²) in [5.41, 5.74) is 1.28. The molecule has 0 radical (unpaired) electrons. The molecule has 3 rings (SSSR count). The van der Waals surface area contributed by atoms with Crippen molar-refractivity contribution >= 4 is 5.97 Å². The molecular weight excluding hydrogens is 452 g/mol. The fraction of sp³-hybridized carbons (Fsp3) is 0.296. The number of ether oxygens (including phenoxy) is 6. The Morgan fingerprint density at radius 2 is 1.40 bits per heavy atom. The summed E-state index contributed by atoms with van der Waals surface area (Å²) in [5.74, 6) is 0.993. The zero-order valence-corrected chi connectivity index (χ0v) is 20.2. The first-order valence-electron chi connectivity index (χ1n) is 11.1. The minimum absolute atomic E-state index is 0.121. The second-order valence-corrected chi connectivity index (χ2v) is 7.42. The Hall–Kier alpha value is -3.91. The Balaban J connectivity index is 1.94. The lowest BCUT2D eigenvalue weighted by atomic mass is 10.0. The minimum Gasteiger partial charge on any atom is -0.493 e. The standard InChI is InChI=1S/C27H30O8/c1-5-33-27(29)26(35-21-14-10-9-13-20(21)30-2)24(28)19-15-22(31-3)25(23(16-19)32-4)34-17-18-11-7-6-8-12-18/h6-16,24,26,28H,5,17H2,1-4H3/t24-,26-/m0/s1. The number of carbonyl (C=O) groups excluding carboxylic acids is 1. The zero-order valence-electron chi connectivity index (χ0n) is 20.2. The monoisotopic (exact) mass is 482 g/mol. The SMILES string of the molecule is CCOC(=O)[C@@H](Oc1ccccc1OC)[C@@H](O)c1cc(OC)c(OCc2ccccc2)c(OC)c1. The minimum atomic E-state index is -1.41. The van der Waals surface area contributed by atoms with Gasteiger partial charge in [-0.1, -0.05) is 42.5 Å². The summed E-state index contributed by atoms with van der Waals surface area (Å²) >= 11 is 0. The highest BCUT2D eigenvalue weighted by molar-refractivity contribution is 5.76. The van der Waals surface area contributed by atoms with Crippen LogP contribution in [0.4, 0.5) is 0 Å². The maximum Gasteiger partial charge on any atom is 0.350 e. The molecule has 0 aliphatic carbocycles. The molecule has 0 unspecified atom stereocenters. The Labute approximate surface area is 204 Å². The van der Waals surface area contributed by atoms with Gasteiger partial charge in [0.2, 0.25) is 11.9 Å². The molecule has 0 fully saturated rings. The van der Waals surface area contributed by atoms with E-state index in [-0.39, 0.29) is 19.0 Å². The molecule has 0 spiro atoms. The van der Waals surface area contributed by atoms with E-state index in [0.29, 0.717) is 28.6 Å². The van der Waals surface area contributed by atoms with E-state index >= 15 is 0 Å². The molecule has 0 saturated heterocycles. The van der Waals surface area contributed by atoms with E-state index in [1.165, 1.54) is 21.3 Å². The van der Waals surface area contributed by atoms with Crippen molar-refractivity contribution < 1.29 is 38.3 Å². The third-order valence-electron chi connectivity index (χ3n) is 5.18. The molecule has 0 bridgehead atoms. The first-order chi connectivity index (χ1) is 17.0. The summed E-state index contributed by atoms with van der Waals surface area (Å²) in [6, 6.07) is 19.6. The van der Waals surface area contributed by atoms with Gasteiger partial charge in [0.1, 0.15) is 12.7 Å². The fourth-order valence-corrected chi connectivity index (χ4v) is 3.44. The Bertz CT molecular complexity index is 1070. The Morgan fingerprint density at radius 3 is 1.97 bits per heavy atom. The van der Waals surface area contributed by atoms with Crippen molar-refractivity contribution in [2.24, 2.45) is 0 Å². The Kier molecular flexibility index (Phi) is 9.20. The summed E-state index contributed by atoms with van der Waals surface area (Å²) < 4.78 is 33.4. The molecular formula is C27H30O8. The summed E-state index contributed by atoms with van der Waals surface area (Å²) in [7, 11) is 4.45. The number of esters is 1. The first-order valence-corrected chi connectivity index (χ1v) is 11.1. The number of methoxy groups -OCH3 is 3. The van der Waals surface area contributed by atoms with Gasteiger partial charge < -0.3 is 33.5 Å². The van der Waals surface area contributed by atoms with E-state index in [0.717, 1.165) is 5.56 Å². The number of carbonyl (C=O) groups is 1. The van der Waals surface area contributed by atoms with Crippen LogP contribution in [0.3, 0.4) is 0 Å². The van der Waals surface area contributed by atoms with Crippen LogP contribution in [0.1, 0.15) is 24.2 Å². The molecule has 0 saturated carbocycles. The van der Waals surface area contributed by atoms with Crippen LogP contribution in [0, 0.1) is 0 Å². The summed E-state index contributed by atoms with van der Waals surface area (Å²) in [4.78, 5) is 12.8. The van der Waals surface area contributed by atoms with E-state index in [2.05, 4.69) is 0 Å². The van der Waals surface area contributed by atoms with Gasteiger partial charge in [-0.05, 0) is 42.3 Å². The molecule has 35 heavy (non-hydrogen) atoms. The fourth-order valence-electron chi connectivity index (χ4n) is 3.44. The lowest BCUT2D eigenvalue weighted by Gasteiger charge is -2.25. The molecule has 8 heteroatoms. The molecule has 0 aromatic heterocycles. The number of para-hydroxylation sites is 2. The number of rotatable bonds is 12. The van der Waals surface area contributed by atoms with Gasteiger partial charge in [0.15, 0.2) is 23.0 Å². The number of hydrogen-bond acceptors (Lipinski definition) is 8. The summed E-state index contributed by atoms with van der Waals surface area (Å²) in [6.07, 6.45) is -2.79. The number of aliphatic hydroxyl groups excluding tert-OH is 1. The van der Waals surface area contributed by atoms with Crippen LogP contribution in [0.25, 0.3) is 0 Å². The number of hydrogen-bond donors (Lipinski definition) is 1. The normalized spacial score (nSPS) is 12.3. The summed E-state index contributed by atoms with van der Waals surface area (Å²) in [6.45, 7) is 2.09. The van der Waals surface area contributed by atoms with Crippen LogP contribution in [0.5, 0.6) is 28.7 Å². The van der Waals surface area contributed by atoms with Crippen LogP contribution < -0.4 is 23.7 Å². The molecule has 186 valence electrons. The maximum absolute atomic E-state index is 12.8. The van der Waals surface area contributed by atoms with Crippen molar-refractivity contribution in [2.75, 3.05) is 27.9 Å². The molecule has 3 aromatic rings. The molecule has 2 atom stereocenters. The highest BCUT2D eigenvalue weighted by Crippen LogP contribution is 2.41. The number of aliphatic hydroxyl groups is 1. The van der Waals surface area contributed by atoms with Crippen LogP contribution in [0.2, 0.25) is 0 Å². The van der Waals surface area contributed by atoms with Gasteiger partial charge in [0.25, 0.3) is 0 Å². The second kappa shape index (κ2) is 12.5. The molecule has 0 aliphatic heterocycles. The smallest absolute Gasteiger partial charge is 0.350 e. The molecule has 1 N–H and O–H groups in total. The molecule has 0 aliphatic rings. The van der Waals surface area contributed by atoms with Crippen molar-refractivity contribution in [1.29, 1.82) is 0 Å². The highest BCUT2D eigenvalue weighted by atomic mass is 16.6. The van der Waals surface area contributed by atoms with Crippen LogP contribution in [-0.2, 0) is 16.1 Å². The van der Waals surface area contributed by atoms with Gasteiger partial charge in [-0.25, -0.2) is 4.79 Å². The van der Waals surface area contributed by atoms with Crippen molar-refractivity contribution in [2.45, 2.75) is 25.7 Å². The van der Waals surface area contributed by atoms with E-state index in [1.807, 2.05) is 30.3 Å². The van der Waals surface area contributed by atoms with Gasteiger partial charge in [-0.15, -0.1) is 0 Å². The highest BCUT2D eigenvalue weighted by Gasteiger charge is 2.34. The third kappa shape index (κ3) is 6.36. The maximum atomic E-state index is 12.8. The molecule has 8 nitrogen and oxygen atoms in total. The lowest BCUT2D eigenvalue weighted by molar-refractivity contribution is -0.157. The van der Waals surface area contributed by atoms with Crippen molar-refractivity contribution in [3.8, 4) is 28.7 Å². The molecule has 3 aromatic carbocycles. The summed E-state index contributed by atoms with van der Waals surface area (Å²) in [5, 5.41) is 11.2. The van der Waals surface area contributed by atoms with Crippen LogP contribution >= 0.6 is 0 Å². The first kappa shape index (κ1) is 25.7. The largest absolute Gasteiger partial charge is 0.493 e. The average Bonchev–Trinajstić information content (AvgIpc) is 2.90. The molecule has 0 heterocycles. The van der Waals surface area contributed by atoms with Crippen molar-refractivity contribution in [3.63, 3.8) is 0 Å². The molecule has 0 amide bonds. The van der Waals surface area contributed by atoms with Crippen LogP contribution in [-0.4, -0.2) is 45.1 Å². The Morgan fingerprint density at radius 1 is 0.829 bits per heavy atom. The predicted molar refractivity (Wildman–Crippen MR) is 129 cm³/mol. The topological polar surface area (TPSA) is 92.7 Å². The van der Waals surface area contributed by atoms with Crippen molar-refractivity contribution in [1.82, 2.24) is 0 Å². The van der Waals surface area contributed by atoms with Gasteiger partial charge in [0, 0.05) is 0 Å². The van der Waals surface area contributed by atoms with Gasteiger partial charge in [-0.3, -0.25) is 0 Å². The van der Waals surface area contributed by atoms with E-state index in [4.69, 9.17) is 28.4 Å². The van der Waals surface area contributed by atoms with E-state index in [1.54, 1.807) is 43.3 Å². The zero-order chi connectivity index (χ0) is 25.2.